The van der Waals surface area contributed by atoms with Gasteiger partial charge in [-0.3, -0.25) is 4.79 Å². The molecule has 1 N–H and O–H groups in total. The molecule has 1 aromatic carbocycles. The van der Waals surface area contributed by atoms with E-state index in [1.807, 2.05) is 30.0 Å². The summed E-state index contributed by atoms with van der Waals surface area (Å²) in [7, 11) is 0. The summed E-state index contributed by atoms with van der Waals surface area (Å²) >= 11 is 0. The first-order valence-corrected chi connectivity index (χ1v) is 6.66. The zero-order valence-corrected chi connectivity index (χ0v) is 10.9. The van der Waals surface area contributed by atoms with Gasteiger partial charge in [-0.15, -0.1) is 0 Å². The summed E-state index contributed by atoms with van der Waals surface area (Å²) in [5, 5.41) is 9.33. The number of aryl methyl sites for hydroxylation is 1. The van der Waals surface area contributed by atoms with E-state index in [1.165, 1.54) is 5.56 Å². The molecule has 1 aromatic rings. The Morgan fingerprint density at radius 2 is 2.28 bits per heavy atom. The molecule has 1 aliphatic rings. The van der Waals surface area contributed by atoms with E-state index in [9.17, 15) is 9.90 Å². The number of piperidine rings is 1. The molecule has 98 valence electrons. The molecule has 1 atom stereocenters. The maximum absolute atomic E-state index is 12.3. The second-order valence-corrected chi connectivity index (χ2v) is 5.09. The molecule has 0 radical (unpaired) electrons. The van der Waals surface area contributed by atoms with Crippen LogP contribution in [0, 0.1) is 6.92 Å². The average molecular weight is 247 g/mol. The molecular formula is C15H21NO2. The van der Waals surface area contributed by atoms with Crippen molar-refractivity contribution in [2.24, 2.45) is 0 Å². The van der Waals surface area contributed by atoms with Gasteiger partial charge in [0.1, 0.15) is 0 Å². The fraction of sp³-hybridized carbons (Fsp3) is 0.533. The molecule has 0 saturated carbocycles. The molecule has 1 amide bonds. The molecule has 1 heterocycles. The number of aliphatic hydroxyl groups excluding tert-OH is 1. The molecule has 2 rings (SSSR count). The molecule has 0 aromatic heterocycles. The molecule has 18 heavy (non-hydrogen) atoms. The van der Waals surface area contributed by atoms with E-state index in [1.54, 1.807) is 0 Å². The first-order chi connectivity index (χ1) is 8.70. The Balaban J connectivity index is 2.02. The minimum atomic E-state index is 0.0241. The van der Waals surface area contributed by atoms with Gasteiger partial charge in [-0.1, -0.05) is 29.8 Å². The molecule has 3 nitrogen and oxygen atoms in total. The largest absolute Gasteiger partial charge is 0.394 e. The fourth-order valence-corrected chi connectivity index (χ4v) is 2.62. The topological polar surface area (TPSA) is 40.5 Å². The van der Waals surface area contributed by atoms with Crippen molar-refractivity contribution in [3.05, 3.63) is 35.4 Å². The number of amides is 1. The quantitative estimate of drug-likeness (QED) is 0.886. The summed E-state index contributed by atoms with van der Waals surface area (Å²) in [5.74, 6) is 0.138. The fourth-order valence-electron chi connectivity index (χ4n) is 2.62. The number of nitrogens with zero attached hydrogens (tertiary/aromatic N) is 1. The second kappa shape index (κ2) is 6.01. The van der Waals surface area contributed by atoms with Crippen molar-refractivity contribution >= 4 is 5.91 Å². The molecule has 0 bridgehead atoms. The highest BCUT2D eigenvalue weighted by Crippen LogP contribution is 2.18. The Labute approximate surface area is 108 Å². The Bertz CT molecular complexity index is 417. The third-order valence-electron chi connectivity index (χ3n) is 3.60. The Kier molecular flexibility index (Phi) is 4.37. The van der Waals surface area contributed by atoms with Gasteiger partial charge in [-0.2, -0.15) is 0 Å². The lowest BCUT2D eigenvalue weighted by molar-refractivity contribution is -0.135. The summed E-state index contributed by atoms with van der Waals surface area (Å²) in [4.78, 5) is 14.1. The third kappa shape index (κ3) is 3.10. The highest BCUT2D eigenvalue weighted by Gasteiger charge is 2.25. The van der Waals surface area contributed by atoms with E-state index in [4.69, 9.17) is 0 Å². The lowest BCUT2D eigenvalue weighted by atomic mass is 10.0. The molecule has 0 spiro atoms. The number of carbonyl (C=O) groups is 1. The van der Waals surface area contributed by atoms with Crippen LogP contribution < -0.4 is 0 Å². The van der Waals surface area contributed by atoms with Crippen LogP contribution in [0.4, 0.5) is 0 Å². The van der Waals surface area contributed by atoms with E-state index in [0.717, 1.165) is 31.4 Å². The molecule has 3 heteroatoms. The summed E-state index contributed by atoms with van der Waals surface area (Å²) in [5.41, 5.74) is 2.24. The Morgan fingerprint density at radius 3 is 3.00 bits per heavy atom. The first-order valence-electron chi connectivity index (χ1n) is 6.66. The van der Waals surface area contributed by atoms with Crippen molar-refractivity contribution in [1.29, 1.82) is 0 Å². The van der Waals surface area contributed by atoms with Crippen LogP contribution in [-0.2, 0) is 11.2 Å². The highest BCUT2D eigenvalue weighted by molar-refractivity contribution is 5.79. The monoisotopic (exact) mass is 247 g/mol. The predicted molar refractivity (Wildman–Crippen MR) is 71.3 cm³/mol. The number of hydrogen-bond acceptors (Lipinski definition) is 2. The van der Waals surface area contributed by atoms with Crippen molar-refractivity contribution < 1.29 is 9.90 Å². The lowest BCUT2D eigenvalue weighted by Gasteiger charge is -2.34. The predicted octanol–water partition coefficient (Wildman–Crippen LogP) is 1.91. The third-order valence-corrected chi connectivity index (χ3v) is 3.60. The van der Waals surface area contributed by atoms with Gasteiger partial charge in [0.05, 0.1) is 19.1 Å². The van der Waals surface area contributed by atoms with E-state index >= 15 is 0 Å². The van der Waals surface area contributed by atoms with Gasteiger partial charge in [0.15, 0.2) is 0 Å². The van der Waals surface area contributed by atoms with Crippen LogP contribution in [0.5, 0.6) is 0 Å². The van der Waals surface area contributed by atoms with Crippen LogP contribution in [0.2, 0.25) is 0 Å². The number of carbonyl (C=O) groups excluding carboxylic acids is 1. The minimum Gasteiger partial charge on any atom is -0.394 e. The zero-order chi connectivity index (χ0) is 13.0. The molecule has 1 saturated heterocycles. The van der Waals surface area contributed by atoms with Crippen molar-refractivity contribution in [2.75, 3.05) is 13.2 Å². The first kappa shape index (κ1) is 13.1. The Morgan fingerprint density at radius 1 is 1.44 bits per heavy atom. The zero-order valence-electron chi connectivity index (χ0n) is 10.9. The standard InChI is InChI=1S/C15H21NO2/c1-12-5-4-6-13(9-12)10-15(18)16-8-3-2-7-14(16)11-17/h4-6,9,14,17H,2-3,7-8,10-11H2,1H3. The smallest absolute Gasteiger partial charge is 0.227 e. The van der Waals surface area contributed by atoms with Crippen LogP contribution in [-0.4, -0.2) is 35.1 Å². The van der Waals surface area contributed by atoms with Gasteiger partial charge in [0.2, 0.25) is 5.91 Å². The van der Waals surface area contributed by atoms with Crippen molar-refractivity contribution in [1.82, 2.24) is 4.90 Å². The van der Waals surface area contributed by atoms with Gasteiger partial charge < -0.3 is 10.0 Å². The maximum atomic E-state index is 12.3. The summed E-state index contributed by atoms with van der Waals surface area (Å²) in [6.45, 7) is 2.90. The van der Waals surface area contributed by atoms with Crippen LogP contribution in [0.25, 0.3) is 0 Å². The van der Waals surface area contributed by atoms with Crippen LogP contribution in [0.3, 0.4) is 0 Å². The van der Waals surface area contributed by atoms with E-state index in [2.05, 4.69) is 6.07 Å². The van der Waals surface area contributed by atoms with Gasteiger partial charge in [0.25, 0.3) is 0 Å². The van der Waals surface area contributed by atoms with Crippen LogP contribution in [0.15, 0.2) is 24.3 Å². The number of rotatable bonds is 3. The van der Waals surface area contributed by atoms with E-state index in [-0.39, 0.29) is 18.6 Å². The molecule has 0 aliphatic carbocycles. The van der Waals surface area contributed by atoms with Crippen LogP contribution in [0.1, 0.15) is 30.4 Å². The van der Waals surface area contributed by atoms with Crippen molar-refractivity contribution in [3.8, 4) is 0 Å². The number of benzene rings is 1. The lowest BCUT2D eigenvalue weighted by Crippen LogP contribution is -2.46. The van der Waals surface area contributed by atoms with Gasteiger partial charge in [0, 0.05) is 6.54 Å². The van der Waals surface area contributed by atoms with Gasteiger partial charge >= 0.3 is 0 Å². The second-order valence-electron chi connectivity index (χ2n) is 5.09. The van der Waals surface area contributed by atoms with Crippen molar-refractivity contribution in [2.45, 2.75) is 38.6 Å². The average Bonchev–Trinajstić information content (AvgIpc) is 2.38. The molecule has 1 fully saturated rings. The normalized spacial score (nSPS) is 19.9. The van der Waals surface area contributed by atoms with Crippen LogP contribution >= 0.6 is 0 Å². The van der Waals surface area contributed by atoms with Crippen molar-refractivity contribution in [3.63, 3.8) is 0 Å². The molecule has 1 unspecified atom stereocenters. The number of hydrogen-bond donors (Lipinski definition) is 1. The number of aliphatic hydroxyl groups is 1. The number of likely N-dealkylation sites (tertiary alicyclic amines) is 1. The summed E-state index contributed by atoms with van der Waals surface area (Å²) in [6.07, 6.45) is 3.53. The van der Waals surface area contributed by atoms with Gasteiger partial charge in [-0.05, 0) is 31.7 Å². The summed E-state index contributed by atoms with van der Waals surface area (Å²) in [6, 6.07) is 8.08. The summed E-state index contributed by atoms with van der Waals surface area (Å²) < 4.78 is 0. The maximum Gasteiger partial charge on any atom is 0.227 e. The van der Waals surface area contributed by atoms with Gasteiger partial charge in [-0.25, -0.2) is 0 Å². The molecule has 1 aliphatic heterocycles. The van der Waals surface area contributed by atoms with E-state index < -0.39 is 0 Å². The minimum absolute atomic E-state index is 0.0241. The SMILES string of the molecule is Cc1cccc(CC(=O)N2CCCCC2CO)c1. The van der Waals surface area contributed by atoms with E-state index in [0.29, 0.717) is 6.42 Å². The highest BCUT2D eigenvalue weighted by atomic mass is 16.3. The Hall–Kier alpha value is -1.35. The molecular weight excluding hydrogens is 226 g/mol.